The monoisotopic (exact) mass is 268 g/mol. The van der Waals surface area contributed by atoms with E-state index in [1.54, 1.807) is 18.2 Å². The molecule has 1 unspecified atom stereocenters. The van der Waals surface area contributed by atoms with E-state index < -0.39 is 6.61 Å². The SMILES string of the molecule is CC(NCc1ccon1)c1ccc(OC(F)F)cc1. The first kappa shape index (κ1) is 13.5. The summed E-state index contributed by atoms with van der Waals surface area (Å²) in [6.07, 6.45) is 1.51. The molecule has 102 valence electrons. The van der Waals surface area contributed by atoms with Crippen molar-refractivity contribution in [2.45, 2.75) is 26.1 Å². The maximum atomic E-state index is 12.0. The Morgan fingerprint density at radius 3 is 2.58 bits per heavy atom. The lowest BCUT2D eigenvalue weighted by Crippen LogP contribution is -2.18. The Hall–Kier alpha value is -1.95. The van der Waals surface area contributed by atoms with Gasteiger partial charge in [-0.3, -0.25) is 0 Å². The van der Waals surface area contributed by atoms with Crippen LogP contribution in [0.15, 0.2) is 41.1 Å². The van der Waals surface area contributed by atoms with Gasteiger partial charge < -0.3 is 14.6 Å². The number of rotatable bonds is 6. The average molecular weight is 268 g/mol. The van der Waals surface area contributed by atoms with Crippen molar-refractivity contribution in [3.05, 3.63) is 47.9 Å². The molecule has 1 heterocycles. The first-order chi connectivity index (χ1) is 9.15. The molecule has 0 aliphatic carbocycles. The van der Waals surface area contributed by atoms with E-state index in [2.05, 4.69) is 15.2 Å². The van der Waals surface area contributed by atoms with Crippen LogP contribution < -0.4 is 10.1 Å². The first-order valence-electron chi connectivity index (χ1n) is 5.82. The van der Waals surface area contributed by atoms with E-state index in [-0.39, 0.29) is 11.8 Å². The van der Waals surface area contributed by atoms with Gasteiger partial charge in [-0.1, -0.05) is 17.3 Å². The third-order valence-electron chi connectivity index (χ3n) is 2.69. The van der Waals surface area contributed by atoms with Crippen molar-refractivity contribution in [2.75, 3.05) is 0 Å². The molecule has 0 amide bonds. The second-order valence-electron chi connectivity index (χ2n) is 4.04. The number of ether oxygens (including phenoxy) is 1. The Morgan fingerprint density at radius 2 is 2.00 bits per heavy atom. The van der Waals surface area contributed by atoms with Gasteiger partial charge in [0, 0.05) is 18.7 Å². The highest BCUT2D eigenvalue weighted by Crippen LogP contribution is 2.19. The van der Waals surface area contributed by atoms with Crippen LogP contribution in [-0.4, -0.2) is 11.8 Å². The van der Waals surface area contributed by atoms with Crippen LogP contribution in [0.5, 0.6) is 5.75 Å². The molecule has 0 spiro atoms. The van der Waals surface area contributed by atoms with Crippen LogP contribution in [0.2, 0.25) is 0 Å². The van der Waals surface area contributed by atoms with E-state index in [1.165, 1.54) is 18.4 Å². The van der Waals surface area contributed by atoms with E-state index in [0.717, 1.165) is 11.3 Å². The largest absolute Gasteiger partial charge is 0.435 e. The van der Waals surface area contributed by atoms with Crippen LogP contribution in [0, 0.1) is 0 Å². The molecule has 0 saturated carbocycles. The zero-order valence-electron chi connectivity index (χ0n) is 10.3. The fraction of sp³-hybridized carbons (Fsp3) is 0.308. The molecular formula is C13H14F2N2O2. The Labute approximate surface area is 109 Å². The van der Waals surface area contributed by atoms with Crippen molar-refractivity contribution in [3.63, 3.8) is 0 Å². The minimum atomic E-state index is -2.80. The van der Waals surface area contributed by atoms with Crippen LogP contribution in [0.3, 0.4) is 0 Å². The normalized spacial score (nSPS) is 12.6. The number of alkyl halides is 2. The lowest BCUT2D eigenvalue weighted by Gasteiger charge is -2.13. The zero-order valence-corrected chi connectivity index (χ0v) is 10.3. The van der Waals surface area contributed by atoms with Crippen molar-refractivity contribution in [2.24, 2.45) is 0 Å². The van der Waals surface area contributed by atoms with Gasteiger partial charge in [-0.25, -0.2) is 0 Å². The second kappa shape index (κ2) is 6.29. The maximum absolute atomic E-state index is 12.0. The zero-order chi connectivity index (χ0) is 13.7. The van der Waals surface area contributed by atoms with Gasteiger partial charge in [-0.2, -0.15) is 8.78 Å². The fourth-order valence-electron chi connectivity index (χ4n) is 1.64. The summed E-state index contributed by atoms with van der Waals surface area (Å²) in [5.41, 5.74) is 1.79. The molecule has 0 radical (unpaired) electrons. The molecule has 19 heavy (non-hydrogen) atoms. The van der Waals surface area contributed by atoms with Gasteiger partial charge in [0.1, 0.15) is 12.0 Å². The molecule has 1 aromatic carbocycles. The number of halogens is 2. The van der Waals surface area contributed by atoms with Gasteiger partial charge in [0.05, 0.1) is 5.69 Å². The van der Waals surface area contributed by atoms with Crippen LogP contribution >= 0.6 is 0 Å². The van der Waals surface area contributed by atoms with Crippen LogP contribution in [0.4, 0.5) is 8.78 Å². The lowest BCUT2D eigenvalue weighted by atomic mass is 10.1. The highest BCUT2D eigenvalue weighted by molar-refractivity contribution is 5.29. The van der Waals surface area contributed by atoms with E-state index in [0.29, 0.717) is 6.54 Å². The van der Waals surface area contributed by atoms with Gasteiger partial charge in [0.25, 0.3) is 0 Å². The van der Waals surface area contributed by atoms with E-state index in [1.807, 2.05) is 6.92 Å². The Kier molecular flexibility index (Phi) is 4.46. The number of hydrogen-bond donors (Lipinski definition) is 1. The third kappa shape index (κ3) is 4.03. The summed E-state index contributed by atoms with van der Waals surface area (Å²) in [5.74, 6) is 0.155. The molecular weight excluding hydrogens is 254 g/mol. The lowest BCUT2D eigenvalue weighted by molar-refractivity contribution is -0.0498. The number of nitrogens with zero attached hydrogens (tertiary/aromatic N) is 1. The molecule has 0 aliphatic heterocycles. The van der Waals surface area contributed by atoms with Crippen LogP contribution in [0.25, 0.3) is 0 Å². The van der Waals surface area contributed by atoms with Crippen molar-refractivity contribution >= 4 is 0 Å². The molecule has 1 atom stereocenters. The summed E-state index contributed by atoms with van der Waals surface area (Å²) >= 11 is 0. The molecule has 6 heteroatoms. The highest BCUT2D eigenvalue weighted by Gasteiger charge is 2.08. The van der Waals surface area contributed by atoms with Gasteiger partial charge in [-0.05, 0) is 24.6 Å². The third-order valence-corrected chi connectivity index (χ3v) is 2.69. The summed E-state index contributed by atoms with van der Waals surface area (Å²) in [5, 5.41) is 7.04. The summed E-state index contributed by atoms with van der Waals surface area (Å²) in [6, 6.07) is 8.39. The summed E-state index contributed by atoms with van der Waals surface area (Å²) < 4.78 is 33.0. The number of benzene rings is 1. The number of hydrogen-bond acceptors (Lipinski definition) is 4. The smallest absolute Gasteiger partial charge is 0.387 e. The summed E-state index contributed by atoms with van der Waals surface area (Å²) in [6.45, 7) is -0.246. The minimum Gasteiger partial charge on any atom is -0.435 e. The van der Waals surface area contributed by atoms with E-state index >= 15 is 0 Å². The maximum Gasteiger partial charge on any atom is 0.387 e. The van der Waals surface area contributed by atoms with Crippen molar-refractivity contribution in [3.8, 4) is 5.75 Å². The highest BCUT2D eigenvalue weighted by atomic mass is 19.3. The molecule has 4 nitrogen and oxygen atoms in total. The molecule has 0 saturated heterocycles. The molecule has 0 fully saturated rings. The van der Waals surface area contributed by atoms with Crippen molar-refractivity contribution in [1.82, 2.24) is 10.5 Å². The second-order valence-corrected chi connectivity index (χ2v) is 4.04. The van der Waals surface area contributed by atoms with E-state index in [4.69, 9.17) is 4.52 Å². The van der Waals surface area contributed by atoms with Crippen molar-refractivity contribution in [1.29, 1.82) is 0 Å². The first-order valence-corrected chi connectivity index (χ1v) is 5.82. The van der Waals surface area contributed by atoms with Gasteiger partial charge in [-0.15, -0.1) is 0 Å². The number of aromatic nitrogens is 1. The van der Waals surface area contributed by atoms with Crippen molar-refractivity contribution < 1.29 is 18.0 Å². The average Bonchev–Trinajstić information content (AvgIpc) is 2.89. The Morgan fingerprint density at radius 1 is 1.26 bits per heavy atom. The predicted octanol–water partition coefficient (Wildman–Crippen LogP) is 3.13. The molecule has 2 rings (SSSR count). The van der Waals surface area contributed by atoms with Crippen LogP contribution in [0.1, 0.15) is 24.2 Å². The topological polar surface area (TPSA) is 47.3 Å². The van der Waals surface area contributed by atoms with Gasteiger partial charge in [0.2, 0.25) is 0 Å². The predicted molar refractivity (Wildman–Crippen MR) is 64.8 cm³/mol. The standard InChI is InChI=1S/C13H14F2N2O2/c1-9(16-8-11-6-7-18-17-11)10-2-4-12(5-3-10)19-13(14)15/h2-7,9,13,16H,8H2,1H3. The molecule has 1 N–H and O–H groups in total. The molecule has 1 aromatic heterocycles. The van der Waals surface area contributed by atoms with Crippen LogP contribution in [-0.2, 0) is 6.54 Å². The quantitative estimate of drug-likeness (QED) is 0.874. The van der Waals surface area contributed by atoms with Gasteiger partial charge in [0.15, 0.2) is 0 Å². The fourth-order valence-corrected chi connectivity index (χ4v) is 1.64. The minimum absolute atomic E-state index is 0.0669. The molecule has 2 aromatic rings. The summed E-state index contributed by atoms with van der Waals surface area (Å²) in [4.78, 5) is 0. The molecule has 0 bridgehead atoms. The Balaban J connectivity index is 1.90. The van der Waals surface area contributed by atoms with Gasteiger partial charge >= 0.3 is 6.61 Å². The summed E-state index contributed by atoms with van der Waals surface area (Å²) in [7, 11) is 0. The Bertz CT molecular complexity index is 486. The van der Waals surface area contributed by atoms with E-state index in [9.17, 15) is 8.78 Å². The molecule has 0 aliphatic rings. The number of nitrogens with one attached hydrogen (secondary N) is 1.